The van der Waals surface area contributed by atoms with Gasteiger partial charge in [-0.2, -0.15) is 0 Å². The van der Waals surface area contributed by atoms with Gasteiger partial charge in [0.05, 0.1) is 22.5 Å². The minimum atomic E-state index is -0.229. The lowest BCUT2D eigenvalue weighted by atomic mass is 10.1. The number of rotatable bonds is 13. The summed E-state index contributed by atoms with van der Waals surface area (Å²) in [6.45, 7) is 2.30. The van der Waals surface area contributed by atoms with Crippen LogP contribution in [-0.4, -0.2) is 38.5 Å². The number of unbranched alkanes of at least 4 members (excludes halogenated alkanes) is 7. The molecule has 0 aliphatic carbocycles. The van der Waals surface area contributed by atoms with Crippen molar-refractivity contribution < 1.29 is 14.4 Å². The third kappa shape index (κ3) is 5.96. The van der Waals surface area contributed by atoms with Crippen LogP contribution < -0.4 is 10.9 Å². The zero-order valence-electron chi connectivity index (χ0n) is 22.2. The third-order valence-corrected chi connectivity index (χ3v) is 7.23. The Morgan fingerprint density at radius 3 is 1.87 bits per heavy atom. The van der Waals surface area contributed by atoms with Crippen LogP contribution in [0.15, 0.2) is 59.4 Å². The van der Waals surface area contributed by atoms with E-state index in [1.54, 1.807) is 33.6 Å². The highest BCUT2D eigenvalue weighted by Crippen LogP contribution is 2.23. The second-order valence-corrected chi connectivity index (χ2v) is 9.87. The van der Waals surface area contributed by atoms with Crippen molar-refractivity contribution in [3.8, 4) is 5.69 Å². The first-order valence-corrected chi connectivity index (χ1v) is 13.5. The number of carbonyl (C=O) groups is 3. The number of imide groups is 1. The number of fused-ring (bicyclic) bond motifs is 1. The van der Waals surface area contributed by atoms with Crippen molar-refractivity contribution in [2.45, 2.75) is 64.7 Å². The standard InChI is InChI=1S/C30H36N4O4/c1-22-27(30(38)34(32(22)2)23-16-10-9-11-17-23)31-26(35)20-12-7-5-3-4-6-8-15-21-33-28(36)24-18-13-14-19-25(24)29(33)37/h9-11,13-14,16-19H,3-8,12,15,20-21H2,1-2H3,(H,31,35). The number of anilines is 1. The van der Waals surface area contributed by atoms with E-state index in [-0.39, 0.29) is 23.3 Å². The number of amides is 3. The summed E-state index contributed by atoms with van der Waals surface area (Å²) in [4.78, 5) is 51.6. The lowest BCUT2D eigenvalue weighted by molar-refractivity contribution is -0.116. The summed E-state index contributed by atoms with van der Waals surface area (Å²) in [5.41, 5.74) is 2.60. The molecule has 0 saturated heterocycles. The van der Waals surface area contributed by atoms with Crippen molar-refractivity contribution in [2.75, 3.05) is 11.9 Å². The first-order chi connectivity index (χ1) is 18.4. The number of hydrogen-bond donors (Lipinski definition) is 1. The highest BCUT2D eigenvalue weighted by atomic mass is 16.2. The van der Waals surface area contributed by atoms with Gasteiger partial charge in [-0.25, -0.2) is 4.68 Å². The maximum absolute atomic E-state index is 12.9. The molecule has 0 spiro atoms. The van der Waals surface area contributed by atoms with E-state index in [1.807, 2.05) is 44.3 Å². The number of nitrogens with zero attached hydrogens (tertiary/aromatic N) is 3. The van der Waals surface area contributed by atoms with Crippen molar-refractivity contribution in [2.24, 2.45) is 7.05 Å². The molecule has 38 heavy (non-hydrogen) atoms. The van der Waals surface area contributed by atoms with Crippen LogP contribution in [0.3, 0.4) is 0 Å². The van der Waals surface area contributed by atoms with Crippen LogP contribution in [0.1, 0.15) is 84.2 Å². The number of aromatic nitrogens is 2. The molecule has 3 aromatic rings. The van der Waals surface area contributed by atoms with Crippen LogP contribution in [0.2, 0.25) is 0 Å². The molecule has 1 aliphatic rings. The summed E-state index contributed by atoms with van der Waals surface area (Å²) in [6.07, 6.45) is 8.23. The molecule has 8 nitrogen and oxygen atoms in total. The zero-order chi connectivity index (χ0) is 27.1. The molecule has 1 aromatic heterocycles. The fourth-order valence-corrected chi connectivity index (χ4v) is 4.97. The van der Waals surface area contributed by atoms with Crippen molar-refractivity contribution in [3.63, 3.8) is 0 Å². The predicted molar refractivity (Wildman–Crippen MR) is 148 cm³/mol. The van der Waals surface area contributed by atoms with E-state index in [0.29, 0.717) is 29.8 Å². The Hall–Kier alpha value is -3.94. The largest absolute Gasteiger partial charge is 0.320 e. The van der Waals surface area contributed by atoms with E-state index < -0.39 is 0 Å². The molecular formula is C30H36N4O4. The maximum atomic E-state index is 12.9. The lowest BCUT2D eigenvalue weighted by Crippen LogP contribution is -2.30. The lowest BCUT2D eigenvalue weighted by Gasteiger charge is -2.13. The molecule has 0 unspecified atom stereocenters. The normalized spacial score (nSPS) is 12.7. The maximum Gasteiger partial charge on any atom is 0.295 e. The van der Waals surface area contributed by atoms with Gasteiger partial charge >= 0.3 is 0 Å². The molecule has 0 fully saturated rings. The summed E-state index contributed by atoms with van der Waals surface area (Å²) < 4.78 is 3.32. The van der Waals surface area contributed by atoms with Crippen molar-refractivity contribution in [3.05, 3.63) is 81.8 Å². The Balaban J connectivity index is 1.09. The van der Waals surface area contributed by atoms with Gasteiger partial charge in [0.15, 0.2) is 0 Å². The van der Waals surface area contributed by atoms with Crippen LogP contribution in [-0.2, 0) is 11.8 Å². The van der Waals surface area contributed by atoms with Crippen molar-refractivity contribution >= 4 is 23.4 Å². The topological polar surface area (TPSA) is 93.4 Å². The summed E-state index contributed by atoms with van der Waals surface area (Å²) in [5.74, 6) is -0.498. The van der Waals surface area contributed by atoms with Crippen molar-refractivity contribution in [1.82, 2.24) is 14.3 Å². The quantitative estimate of drug-likeness (QED) is 0.249. The average Bonchev–Trinajstić information content (AvgIpc) is 3.29. The van der Waals surface area contributed by atoms with E-state index in [9.17, 15) is 19.2 Å². The Bertz CT molecular complexity index is 1320. The number of para-hydroxylation sites is 1. The van der Waals surface area contributed by atoms with E-state index in [2.05, 4.69) is 5.32 Å². The highest BCUT2D eigenvalue weighted by Gasteiger charge is 2.34. The highest BCUT2D eigenvalue weighted by molar-refractivity contribution is 6.21. The first-order valence-electron chi connectivity index (χ1n) is 13.5. The first kappa shape index (κ1) is 27.1. The molecule has 0 atom stereocenters. The molecule has 0 saturated carbocycles. The molecule has 3 amide bonds. The number of hydrogen-bond acceptors (Lipinski definition) is 4. The molecule has 0 radical (unpaired) electrons. The minimum Gasteiger partial charge on any atom is -0.320 e. The monoisotopic (exact) mass is 516 g/mol. The van der Waals surface area contributed by atoms with Gasteiger partial charge in [0.1, 0.15) is 5.69 Å². The third-order valence-electron chi connectivity index (χ3n) is 7.23. The second-order valence-electron chi connectivity index (χ2n) is 9.87. The van der Waals surface area contributed by atoms with Gasteiger partial charge in [0.2, 0.25) is 5.91 Å². The molecule has 1 N–H and O–H groups in total. The molecular weight excluding hydrogens is 480 g/mol. The van der Waals surface area contributed by atoms with E-state index in [4.69, 9.17) is 0 Å². The van der Waals surface area contributed by atoms with Gasteiger partial charge in [0, 0.05) is 20.0 Å². The van der Waals surface area contributed by atoms with Crippen molar-refractivity contribution in [1.29, 1.82) is 0 Å². The summed E-state index contributed by atoms with van der Waals surface area (Å²) in [7, 11) is 1.81. The minimum absolute atomic E-state index is 0.135. The van der Waals surface area contributed by atoms with Crippen LogP contribution >= 0.6 is 0 Å². The van der Waals surface area contributed by atoms with E-state index in [1.165, 1.54) is 4.90 Å². The second kappa shape index (κ2) is 12.5. The summed E-state index contributed by atoms with van der Waals surface area (Å²) in [5, 5.41) is 2.82. The smallest absolute Gasteiger partial charge is 0.295 e. The number of benzene rings is 2. The molecule has 0 bridgehead atoms. The molecule has 2 heterocycles. The van der Waals surface area contributed by atoms with E-state index in [0.717, 1.165) is 62.7 Å². The zero-order valence-corrected chi connectivity index (χ0v) is 22.2. The van der Waals surface area contributed by atoms with Gasteiger partial charge in [-0.3, -0.25) is 28.8 Å². The molecule has 200 valence electrons. The summed E-state index contributed by atoms with van der Waals surface area (Å²) >= 11 is 0. The van der Waals surface area contributed by atoms with Crippen LogP contribution in [0.4, 0.5) is 5.69 Å². The van der Waals surface area contributed by atoms with Crippen LogP contribution in [0, 0.1) is 6.92 Å². The average molecular weight is 517 g/mol. The molecule has 1 aliphatic heterocycles. The SMILES string of the molecule is Cc1c(NC(=O)CCCCCCCCCCN2C(=O)c3ccccc3C2=O)c(=O)n(-c2ccccc2)n1C. The molecule has 4 rings (SSSR count). The Morgan fingerprint density at radius 2 is 1.26 bits per heavy atom. The number of nitrogens with one attached hydrogen (secondary N) is 1. The molecule has 2 aromatic carbocycles. The van der Waals surface area contributed by atoms with Gasteiger partial charge in [0.25, 0.3) is 17.4 Å². The molecule has 8 heteroatoms. The van der Waals surface area contributed by atoms with Gasteiger partial charge in [-0.15, -0.1) is 0 Å². The Kier molecular flexibility index (Phi) is 8.94. The predicted octanol–water partition coefficient (Wildman–Crippen LogP) is 5.23. The van der Waals surface area contributed by atoms with Gasteiger partial charge < -0.3 is 5.32 Å². The Labute approximate surface area is 223 Å². The Morgan fingerprint density at radius 1 is 0.737 bits per heavy atom. The van der Waals surface area contributed by atoms with Gasteiger partial charge in [-0.1, -0.05) is 68.9 Å². The fourth-order valence-electron chi connectivity index (χ4n) is 4.97. The van der Waals surface area contributed by atoms with E-state index >= 15 is 0 Å². The van der Waals surface area contributed by atoms with Crippen LogP contribution in [0.25, 0.3) is 5.69 Å². The van der Waals surface area contributed by atoms with Gasteiger partial charge in [-0.05, 0) is 44.0 Å². The van der Waals surface area contributed by atoms with Crippen LogP contribution in [0.5, 0.6) is 0 Å². The number of carbonyl (C=O) groups excluding carboxylic acids is 3. The summed E-state index contributed by atoms with van der Waals surface area (Å²) in [6, 6.07) is 16.4. The fraction of sp³-hybridized carbons (Fsp3) is 0.400.